The summed E-state index contributed by atoms with van der Waals surface area (Å²) in [7, 11) is 0. The maximum atomic E-state index is 12.8. The molecule has 0 spiro atoms. The van der Waals surface area contributed by atoms with Crippen LogP contribution < -0.4 is 5.56 Å². The zero-order chi connectivity index (χ0) is 21.5. The van der Waals surface area contributed by atoms with Gasteiger partial charge in [-0.25, -0.2) is 4.98 Å². The van der Waals surface area contributed by atoms with Crippen molar-refractivity contribution >= 4 is 0 Å². The van der Waals surface area contributed by atoms with E-state index in [2.05, 4.69) is 46.9 Å². The number of aryl methyl sites for hydroxylation is 2. The Labute approximate surface area is 172 Å². The van der Waals surface area contributed by atoms with Crippen LogP contribution in [0.3, 0.4) is 0 Å². The van der Waals surface area contributed by atoms with E-state index in [0.29, 0.717) is 35.6 Å². The smallest absolute Gasteiger partial charge is 0.306 e. The zero-order valence-corrected chi connectivity index (χ0v) is 16.8. The maximum Gasteiger partial charge on any atom is 0.416 e. The highest BCUT2D eigenvalue weighted by Crippen LogP contribution is 2.30. The van der Waals surface area contributed by atoms with E-state index in [1.54, 1.807) is 0 Å². The molecule has 0 radical (unpaired) electrons. The van der Waals surface area contributed by atoms with Crippen molar-refractivity contribution in [1.82, 2.24) is 14.9 Å². The fraction of sp³-hybridized carbons (Fsp3) is 0.304. The molecule has 0 unspecified atom stereocenters. The summed E-state index contributed by atoms with van der Waals surface area (Å²) in [5, 5.41) is 0. The second kappa shape index (κ2) is 7.72. The van der Waals surface area contributed by atoms with E-state index in [9.17, 15) is 18.0 Å². The highest BCUT2D eigenvalue weighted by molar-refractivity contribution is 5.56. The van der Waals surface area contributed by atoms with Crippen molar-refractivity contribution in [2.75, 3.05) is 6.54 Å². The first kappa shape index (κ1) is 20.3. The average molecular weight is 413 g/mol. The summed E-state index contributed by atoms with van der Waals surface area (Å²) in [5.41, 5.74) is 4.53. The summed E-state index contributed by atoms with van der Waals surface area (Å²) >= 11 is 0. The van der Waals surface area contributed by atoms with E-state index >= 15 is 0 Å². The molecule has 156 valence electrons. The number of hydrogen-bond acceptors (Lipinski definition) is 3. The largest absolute Gasteiger partial charge is 0.416 e. The summed E-state index contributed by atoms with van der Waals surface area (Å²) in [5.74, 6) is 0.292. The van der Waals surface area contributed by atoms with Gasteiger partial charge in [-0.2, -0.15) is 13.2 Å². The predicted molar refractivity (Wildman–Crippen MR) is 109 cm³/mol. The van der Waals surface area contributed by atoms with E-state index in [0.717, 1.165) is 25.2 Å². The fourth-order valence-corrected chi connectivity index (χ4v) is 3.74. The summed E-state index contributed by atoms with van der Waals surface area (Å²) in [6.45, 7) is 6.20. The molecule has 1 N–H and O–H groups in total. The highest BCUT2D eigenvalue weighted by Gasteiger charge is 2.30. The van der Waals surface area contributed by atoms with Crippen LogP contribution in [0, 0.1) is 13.8 Å². The number of aromatic nitrogens is 2. The van der Waals surface area contributed by atoms with Gasteiger partial charge in [0.25, 0.3) is 5.56 Å². The normalized spacial score (nSPS) is 14.6. The molecule has 4 rings (SSSR count). The summed E-state index contributed by atoms with van der Waals surface area (Å²) in [4.78, 5) is 22.1. The molecule has 1 aliphatic rings. The Bertz CT molecular complexity index is 1130. The van der Waals surface area contributed by atoms with Crippen LogP contribution in [0.15, 0.2) is 47.3 Å². The Balaban J connectivity index is 1.58. The number of nitrogens with one attached hydrogen (secondary N) is 1. The Morgan fingerprint density at radius 1 is 1.07 bits per heavy atom. The third kappa shape index (κ3) is 4.16. The number of fused-ring (bicyclic) bond motifs is 1. The van der Waals surface area contributed by atoms with E-state index in [-0.39, 0.29) is 5.56 Å². The number of alkyl halides is 3. The molecule has 1 aromatic heterocycles. The Morgan fingerprint density at radius 3 is 2.47 bits per heavy atom. The van der Waals surface area contributed by atoms with E-state index in [4.69, 9.17) is 0 Å². The van der Waals surface area contributed by atoms with Crippen molar-refractivity contribution in [1.29, 1.82) is 0 Å². The molecule has 0 amide bonds. The first-order chi connectivity index (χ1) is 14.2. The van der Waals surface area contributed by atoms with Gasteiger partial charge in [-0.3, -0.25) is 9.69 Å². The second-order valence-electron chi connectivity index (χ2n) is 7.79. The molecule has 30 heavy (non-hydrogen) atoms. The van der Waals surface area contributed by atoms with E-state index in [1.807, 2.05) is 0 Å². The SMILES string of the molecule is Cc1ccc(CN2CCc3c(nc(-c4ccc(C(F)(F)F)cc4)[nH]c3=O)C2)cc1C. The minimum atomic E-state index is -4.40. The summed E-state index contributed by atoms with van der Waals surface area (Å²) < 4.78 is 38.4. The second-order valence-corrected chi connectivity index (χ2v) is 7.79. The van der Waals surface area contributed by atoms with Crippen LogP contribution in [0.2, 0.25) is 0 Å². The van der Waals surface area contributed by atoms with Crippen molar-refractivity contribution in [3.8, 4) is 11.4 Å². The van der Waals surface area contributed by atoms with E-state index < -0.39 is 11.7 Å². The number of aromatic amines is 1. The lowest BCUT2D eigenvalue weighted by Crippen LogP contribution is -2.35. The van der Waals surface area contributed by atoms with E-state index in [1.165, 1.54) is 28.8 Å². The molecule has 0 saturated carbocycles. The third-order valence-corrected chi connectivity index (χ3v) is 5.62. The molecular formula is C23H22F3N3O. The van der Waals surface area contributed by atoms with Gasteiger partial charge in [-0.05, 0) is 49.1 Å². The molecule has 2 heterocycles. The average Bonchev–Trinajstić information content (AvgIpc) is 2.70. The van der Waals surface area contributed by atoms with Gasteiger partial charge >= 0.3 is 6.18 Å². The zero-order valence-electron chi connectivity index (χ0n) is 16.8. The van der Waals surface area contributed by atoms with Crippen LogP contribution in [-0.2, 0) is 25.7 Å². The molecule has 7 heteroatoms. The minimum Gasteiger partial charge on any atom is -0.306 e. The highest BCUT2D eigenvalue weighted by atomic mass is 19.4. The number of rotatable bonds is 3. The molecule has 0 aliphatic carbocycles. The van der Waals surface area contributed by atoms with Crippen LogP contribution in [0.4, 0.5) is 13.2 Å². The van der Waals surface area contributed by atoms with Crippen molar-refractivity contribution in [3.63, 3.8) is 0 Å². The van der Waals surface area contributed by atoms with Gasteiger partial charge in [0.05, 0.1) is 11.3 Å². The van der Waals surface area contributed by atoms with Crippen LogP contribution in [0.1, 0.15) is 33.5 Å². The van der Waals surface area contributed by atoms with Gasteiger partial charge in [0, 0.05) is 30.8 Å². The summed E-state index contributed by atoms with van der Waals surface area (Å²) in [6, 6.07) is 11.1. The third-order valence-electron chi connectivity index (χ3n) is 5.62. The number of H-pyrrole nitrogens is 1. The Morgan fingerprint density at radius 2 is 1.80 bits per heavy atom. The lowest BCUT2D eigenvalue weighted by molar-refractivity contribution is -0.137. The molecule has 3 aromatic rings. The van der Waals surface area contributed by atoms with Gasteiger partial charge in [0.1, 0.15) is 5.82 Å². The molecule has 0 bridgehead atoms. The number of nitrogens with zero attached hydrogens (tertiary/aromatic N) is 2. The predicted octanol–water partition coefficient (Wildman–Crippen LogP) is 4.63. The first-order valence-corrected chi connectivity index (χ1v) is 9.79. The quantitative estimate of drug-likeness (QED) is 0.681. The molecule has 1 aliphatic heterocycles. The Kier molecular flexibility index (Phi) is 5.24. The molecule has 0 saturated heterocycles. The molecular weight excluding hydrogens is 391 g/mol. The first-order valence-electron chi connectivity index (χ1n) is 9.79. The Hall–Kier alpha value is -2.93. The van der Waals surface area contributed by atoms with Gasteiger partial charge < -0.3 is 4.98 Å². The van der Waals surface area contributed by atoms with Crippen LogP contribution >= 0.6 is 0 Å². The number of hydrogen-bond donors (Lipinski definition) is 1. The summed E-state index contributed by atoms with van der Waals surface area (Å²) in [6.07, 6.45) is -3.81. The van der Waals surface area contributed by atoms with Crippen molar-refractivity contribution in [2.45, 2.75) is 39.5 Å². The molecule has 2 aromatic carbocycles. The van der Waals surface area contributed by atoms with Gasteiger partial charge in [0.2, 0.25) is 0 Å². The topological polar surface area (TPSA) is 49.0 Å². The molecule has 0 atom stereocenters. The molecule has 4 nitrogen and oxygen atoms in total. The van der Waals surface area contributed by atoms with Crippen molar-refractivity contribution in [2.24, 2.45) is 0 Å². The van der Waals surface area contributed by atoms with Gasteiger partial charge in [0.15, 0.2) is 0 Å². The standard InChI is InChI=1S/C23H22F3N3O/c1-14-3-4-16(11-15(14)2)12-29-10-9-19-20(13-29)27-21(28-22(19)30)17-5-7-18(8-6-17)23(24,25)26/h3-8,11H,9-10,12-13H2,1-2H3,(H,27,28,30). The maximum absolute atomic E-state index is 12.8. The van der Waals surface area contributed by atoms with Crippen LogP contribution in [0.5, 0.6) is 0 Å². The van der Waals surface area contributed by atoms with Gasteiger partial charge in [-0.1, -0.05) is 30.3 Å². The number of halogens is 3. The minimum absolute atomic E-state index is 0.222. The lowest BCUT2D eigenvalue weighted by atomic mass is 10.0. The fourth-order valence-electron chi connectivity index (χ4n) is 3.74. The van der Waals surface area contributed by atoms with Gasteiger partial charge in [-0.15, -0.1) is 0 Å². The number of benzene rings is 2. The monoisotopic (exact) mass is 413 g/mol. The van der Waals surface area contributed by atoms with Crippen LogP contribution in [0.25, 0.3) is 11.4 Å². The van der Waals surface area contributed by atoms with Crippen molar-refractivity contribution < 1.29 is 13.2 Å². The molecule has 0 fully saturated rings. The lowest BCUT2D eigenvalue weighted by Gasteiger charge is -2.28. The van der Waals surface area contributed by atoms with Crippen molar-refractivity contribution in [3.05, 3.63) is 86.3 Å². The van der Waals surface area contributed by atoms with Crippen LogP contribution in [-0.4, -0.2) is 21.4 Å².